The van der Waals surface area contributed by atoms with Crippen LogP contribution in [0.4, 0.5) is 16.2 Å². The summed E-state index contributed by atoms with van der Waals surface area (Å²) in [6.45, 7) is 14.9. The number of aryl methyl sites for hydroxylation is 2. The Balaban J connectivity index is 1.56. The van der Waals surface area contributed by atoms with Crippen LogP contribution in [0.5, 0.6) is 0 Å². The molecule has 2 aromatic heterocycles. The number of nitrogens with zero attached hydrogens (tertiary/aromatic N) is 8. The van der Waals surface area contributed by atoms with Crippen LogP contribution in [0.3, 0.4) is 0 Å². The molecule has 4 heterocycles. The van der Waals surface area contributed by atoms with Gasteiger partial charge in [-0.25, -0.2) is 9.37 Å². The van der Waals surface area contributed by atoms with Crippen molar-refractivity contribution in [1.82, 2.24) is 29.5 Å². The van der Waals surface area contributed by atoms with E-state index >= 15 is 4.39 Å². The fourth-order valence-electron chi connectivity index (χ4n) is 6.38. The predicted octanol–water partition coefficient (Wildman–Crippen LogP) is 5.13. The molecule has 2 fully saturated rings. The van der Waals surface area contributed by atoms with Gasteiger partial charge in [0.05, 0.1) is 16.7 Å². The largest absolute Gasteiger partial charge is 0.349 e. The second-order valence-corrected chi connectivity index (χ2v) is 12.4. The number of hydrogen-bond donors (Lipinski definition) is 0. The minimum absolute atomic E-state index is 0.0756. The van der Waals surface area contributed by atoms with Gasteiger partial charge in [-0.1, -0.05) is 30.3 Å². The third-order valence-electron chi connectivity index (χ3n) is 9.00. The summed E-state index contributed by atoms with van der Waals surface area (Å²) in [4.78, 5) is 30.7. The number of halogens is 2. The molecule has 226 valence electrons. The number of rotatable bonds is 6. The van der Waals surface area contributed by atoms with Crippen LogP contribution in [0.15, 0.2) is 37.1 Å². The van der Waals surface area contributed by atoms with Gasteiger partial charge < -0.3 is 19.6 Å². The summed E-state index contributed by atoms with van der Waals surface area (Å²) in [5.74, 6) is 0.542. The molecule has 0 spiro atoms. The first-order chi connectivity index (χ1) is 20.5. The zero-order chi connectivity index (χ0) is 30.7. The molecule has 2 atom stereocenters. The normalized spacial score (nSPS) is 19.5. The Bertz CT molecular complexity index is 1750. The van der Waals surface area contributed by atoms with Gasteiger partial charge in [-0.2, -0.15) is 10.1 Å². The molecule has 0 radical (unpaired) electrons. The van der Waals surface area contributed by atoms with E-state index < -0.39 is 5.82 Å². The first-order valence-corrected chi connectivity index (χ1v) is 15.2. The van der Waals surface area contributed by atoms with E-state index in [0.29, 0.717) is 53.4 Å². The molecule has 11 heteroatoms. The second kappa shape index (κ2) is 11.1. The van der Waals surface area contributed by atoms with E-state index in [-0.39, 0.29) is 23.5 Å². The van der Waals surface area contributed by atoms with Crippen LogP contribution >= 0.6 is 11.6 Å². The van der Waals surface area contributed by atoms with Gasteiger partial charge in [0, 0.05) is 72.7 Å². The van der Waals surface area contributed by atoms with Gasteiger partial charge in [0.25, 0.3) is 0 Å². The first-order valence-electron chi connectivity index (χ1n) is 14.8. The molecular weight excluding hydrogens is 567 g/mol. The number of likely N-dealkylation sites (N-methyl/N-ethyl adjacent to an activating group) is 1. The summed E-state index contributed by atoms with van der Waals surface area (Å²) < 4.78 is 18.9. The first kappa shape index (κ1) is 29.3. The highest BCUT2D eigenvalue weighted by atomic mass is 35.5. The van der Waals surface area contributed by atoms with Crippen LogP contribution in [0.1, 0.15) is 26.3 Å². The zero-order valence-corrected chi connectivity index (χ0v) is 26.4. The lowest BCUT2D eigenvalue weighted by Crippen LogP contribution is -2.59. The lowest BCUT2D eigenvalue weighted by molar-refractivity contribution is -0.128. The van der Waals surface area contributed by atoms with Crippen LogP contribution in [0.2, 0.25) is 5.02 Å². The Morgan fingerprint density at radius 3 is 2.56 bits per heavy atom. The Morgan fingerprint density at radius 1 is 1.14 bits per heavy atom. The molecule has 0 bridgehead atoms. The minimum atomic E-state index is -0.474. The molecule has 2 saturated heterocycles. The number of aromatic nitrogens is 4. The van der Waals surface area contributed by atoms with Crippen molar-refractivity contribution in [3.8, 4) is 11.1 Å². The standard InChI is InChI=1S/C32H38ClFN8O/c1-8-25(43)40-14-20(5)41(15-19(40)4)31-23-12-24(33)27(26-18(3)10-11-21-13-35-42(9-2)30(21)26)28(34)29(23)36-32(37-31)39-16-22(17-39)38(6)7/h8,10-13,19-20,22H,1,9,14-17H2,2-7H3/t19-,20+/m1/s1. The third-order valence-corrected chi connectivity index (χ3v) is 9.30. The molecule has 2 aliphatic heterocycles. The van der Waals surface area contributed by atoms with E-state index in [4.69, 9.17) is 21.6 Å². The molecule has 1 amide bonds. The summed E-state index contributed by atoms with van der Waals surface area (Å²) in [5, 5.41) is 6.30. The van der Waals surface area contributed by atoms with E-state index in [1.165, 1.54) is 6.08 Å². The van der Waals surface area contributed by atoms with Crippen molar-refractivity contribution in [3.63, 3.8) is 0 Å². The molecular formula is C32H38ClFN8O. The second-order valence-electron chi connectivity index (χ2n) is 12.0. The highest BCUT2D eigenvalue weighted by molar-refractivity contribution is 6.35. The van der Waals surface area contributed by atoms with E-state index in [1.54, 1.807) is 12.3 Å². The van der Waals surface area contributed by atoms with Crippen LogP contribution in [0.25, 0.3) is 32.9 Å². The van der Waals surface area contributed by atoms with Crippen LogP contribution < -0.4 is 9.80 Å². The summed E-state index contributed by atoms with van der Waals surface area (Å²) >= 11 is 7.01. The molecule has 0 N–H and O–H groups in total. The Morgan fingerprint density at radius 2 is 1.88 bits per heavy atom. The number of carbonyl (C=O) groups is 1. The average Bonchev–Trinajstić information content (AvgIpc) is 3.37. The van der Waals surface area contributed by atoms with Crippen molar-refractivity contribution in [2.24, 2.45) is 0 Å². The SMILES string of the molecule is C=CC(=O)N1C[C@H](C)N(c2nc(N3CC(N(C)C)C3)nc3c(F)c(-c4c(C)ccc5cnn(CC)c45)c(Cl)cc23)C[C@H]1C. The number of piperazine rings is 1. The molecule has 43 heavy (non-hydrogen) atoms. The summed E-state index contributed by atoms with van der Waals surface area (Å²) in [6.07, 6.45) is 3.16. The number of benzene rings is 2. The fourth-order valence-corrected chi connectivity index (χ4v) is 6.67. The summed E-state index contributed by atoms with van der Waals surface area (Å²) in [7, 11) is 4.11. The lowest BCUT2D eigenvalue weighted by atomic mass is 9.95. The number of carbonyl (C=O) groups excluding carboxylic acids is 1. The number of amides is 1. The van der Waals surface area contributed by atoms with Crippen molar-refractivity contribution in [2.75, 3.05) is 50.1 Å². The van der Waals surface area contributed by atoms with Crippen molar-refractivity contribution in [3.05, 3.63) is 53.5 Å². The van der Waals surface area contributed by atoms with Gasteiger partial charge in [0.1, 0.15) is 11.3 Å². The van der Waals surface area contributed by atoms with E-state index in [9.17, 15) is 4.79 Å². The summed E-state index contributed by atoms with van der Waals surface area (Å²) in [5.41, 5.74) is 3.02. The maximum atomic E-state index is 17.1. The topological polar surface area (TPSA) is 73.6 Å². The van der Waals surface area contributed by atoms with Crippen molar-refractivity contribution in [1.29, 1.82) is 0 Å². The van der Waals surface area contributed by atoms with Crippen molar-refractivity contribution in [2.45, 2.75) is 52.4 Å². The Kier molecular flexibility index (Phi) is 7.54. The molecule has 9 nitrogen and oxygen atoms in total. The molecule has 0 aliphatic carbocycles. The van der Waals surface area contributed by atoms with E-state index in [1.807, 2.05) is 42.5 Å². The van der Waals surface area contributed by atoms with Crippen LogP contribution in [-0.4, -0.2) is 93.9 Å². The monoisotopic (exact) mass is 604 g/mol. The van der Waals surface area contributed by atoms with E-state index in [0.717, 1.165) is 35.1 Å². The quantitative estimate of drug-likeness (QED) is 0.283. The van der Waals surface area contributed by atoms with Crippen LogP contribution in [-0.2, 0) is 11.3 Å². The van der Waals surface area contributed by atoms with Gasteiger partial charge >= 0.3 is 0 Å². The Hall–Kier alpha value is -3.76. The number of hydrogen-bond acceptors (Lipinski definition) is 7. The van der Waals surface area contributed by atoms with Crippen LogP contribution in [0, 0.1) is 12.7 Å². The van der Waals surface area contributed by atoms with Crippen molar-refractivity contribution >= 4 is 51.1 Å². The molecule has 4 aromatic rings. The molecule has 0 unspecified atom stereocenters. The number of fused-ring (bicyclic) bond motifs is 2. The highest BCUT2D eigenvalue weighted by Gasteiger charge is 2.36. The van der Waals surface area contributed by atoms with Gasteiger partial charge in [-0.3, -0.25) is 9.48 Å². The smallest absolute Gasteiger partial charge is 0.246 e. The maximum Gasteiger partial charge on any atom is 0.246 e. The van der Waals surface area contributed by atoms with E-state index in [2.05, 4.69) is 47.4 Å². The average molecular weight is 605 g/mol. The Labute approximate surface area is 256 Å². The molecule has 0 saturated carbocycles. The van der Waals surface area contributed by atoms with Gasteiger partial charge in [-0.15, -0.1) is 0 Å². The zero-order valence-electron chi connectivity index (χ0n) is 25.6. The number of anilines is 2. The minimum Gasteiger partial charge on any atom is -0.349 e. The molecule has 2 aliphatic rings. The van der Waals surface area contributed by atoms with Gasteiger partial charge in [0.2, 0.25) is 11.9 Å². The fraction of sp³-hybridized carbons (Fsp3) is 0.438. The maximum absolute atomic E-state index is 17.1. The molecule has 6 rings (SSSR count). The molecule has 2 aromatic carbocycles. The third kappa shape index (κ3) is 4.80. The van der Waals surface area contributed by atoms with Gasteiger partial charge in [0.15, 0.2) is 5.82 Å². The lowest BCUT2D eigenvalue weighted by Gasteiger charge is -2.45. The van der Waals surface area contributed by atoms with Gasteiger partial charge in [-0.05, 0) is 59.5 Å². The predicted molar refractivity (Wildman–Crippen MR) is 172 cm³/mol. The summed E-state index contributed by atoms with van der Waals surface area (Å²) in [6, 6.07) is 5.99. The van der Waals surface area contributed by atoms with Crippen molar-refractivity contribution < 1.29 is 9.18 Å². The highest BCUT2D eigenvalue weighted by Crippen LogP contribution is 2.43.